The topological polar surface area (TPSA) is 70.1 Å². The summed E-state index contributed by atoms with van der Waals surface area (Å²) < 4.78 is 5.24. The molecule has 2 aromatic heterocycles. The molecule has 4 rings (SSSR count). The smallest absolute Gasteiger partial charge is 0.315 e. The Morgan fingerprint density at radius 1 is 0.963 bits per heavy atom. The van der Waals surface area contributed by atoms with Crippen molar-refractivity contribution in [2.24, 2.45) is 0 Å². The highest BCUT2D eigenvalue weighted by molar-refractivity contribution is 5.84. The Balaban J connectivity index is 1.51. The minimum absolute atomic E-state index is 0.0525. The van der Waals surface area contributed by atoms with Crippen LogP contribution in [0.3, 0.4) is 0 Å². The summed E-state index contributed by atoms with van der Waals surface area (Å²) in [5.41, 5.74) is 3.42. The zero-order valence-corrected chi connectivity index (χ0v) is 14.8. The molecule has 0 aliphatic rings. The molecular weight excluding hydrogens is 338 g/mol. The van der Waals surface area contributed by atoms with Crippen molar-refractivity contribution in [2.45, 2.75) is 12.5 Å². The molecule has 4 aromatic rings. The summed E-state index contributed by atoms with van der Waals surface area (Å²) in [5.74, 6) is 0.776. The summed E-state index contributed by atoms with van der Waals surface area (Å²) in [7, 11) is 0. The van der Waals surface area contributed by atoms with Crippen molar-refractivity contribution in [3.05, 3.63) is 96.1 Å². The van der Waals surface area contributed by atoms with Gasteiger partial charge in [0, 0.05) is 29.6 Å². The summed E-state index contributed by atoms with van der Waals surface area (Å²) in [6.45, 7) is 0.859. The van der Waals surface area contributed by atoms with E-state index in [0.717, 1.165) is 16.8 Å². The Hall–Kier alpha value is -3.47. The van der Waals surface area contributed by atoms with Gasteiger partial charge in [-0.3, -0.25) is 0 Å². The number of aromatic amines is 1. The molecule has 0 spiro atoms. The molecule has 0 radical (unpaired) electrons. The van der Waals surface area contributed by atoms with Crippen LogP contribution in [0.15, 0.2) is 83.6 Å². The van der Waals surface area contributed by atoms with Crippen LogP contribution < -0.4 is 10.6 Å². The number of carbonyl (C=O) groups is 1. The average molecular weight is 359 g/mol. The molecule has 5 heteroatoms. The number of benzene rings is 2. The van der Waals surface area contributed by atoms with Crippen LogP contribution >= 0.6 is 0 Å². The van der Waals surface area contributed by atoms with Gasteiger partial charge >= 0.3 is 6.03 Å². The Labute approximate surface area is 157 Å². The van der Waals surface area contributed by atoms with Gasteiger partial charge in [0.25, 0.3) is 0 Å². The average Bonchev–Trinajstić information content (AvgIpc) is 3.38. The fourth-order valence-corrected chi connectivity index (χ4v) is 3.31. The maximum atomic E-state index is 12.2. The van der Waals surface area contributed by atoms with E-state index in [0.29, 0.717) is 13.1 Å². The summed E-state index contributed by atoms with van der Waals surface area (Å²) in [6, 6.07) is 21.9. The Morgan fingerprint density at radius 2 is 1.78 bits per heavy atom. The number of nitrogens with one attached hydrogen (secondary N) is 3. The molecule has 0 aliphatic heterocycles. The van der Waals surface area contributed by atoms with Crippen LogP contribution in [0.1, 0.15) is 22.8 Å². The second kappa shape index (κ2) is 7.83. The lowest BCUT2D eigenvalue weighted by Gasteiger charge is -2.18. The van der Waals surface area contributed by atoms with Gasteiger partial charge in [-0.15, -0.1) is 0 Å². The number of carbonyl (C=O) groups excluding carboxylic acids is 1. The largest absolute Gasteiger partial charge is 0.467 e. The highest BCUT2D eigenvalue weighted by Crippen LogP contribution is 2.30. The van der Waals surface area contributed by atoms with E-state index in [4.69, 9.17) is 4.42 Å². The second-order valence-electron chi connectivity index (χ2n) is 6.40. The molecule has 2 aromatic carbocycles. The fraction of sp³-hybridized carbons (Fsp3) is 0.136. The van der Waals surface area contributed by atoms with Crippen molar-refractivity contribution in [3.63, 3.8) is 0 Å². The van der Waals surface area contributed by atoms with E-state index in [1.807, 2.05) is 42.6 Å². The maximum absolute atomic E-state index is 12.2. The fourth-order valence-electron chi connectivity index (χ4n) is 3.31. The van der Waals surface area contributed by atoms with Crippen molar-refractivity contribution in [3.8, 4) is 0 Å². The third-order valence-corrected chi connectivity index (χ3v) is 4.67. The SMILES string of the molecule is O=C(NCc1ccco1)NCC(c1ccccc1)c1c[nH]c2ccccc12. The Morgan fingerprint density at radius 3 is 2.59 bits per heavy atom. The van der Waals surface area contributed by atoms with Crippen LogP contribution in [0.2, 0.25) is 0 Å². The first-order chi connectivity index (χ1) is 13.3. The molecule has 1 unspecified atom stereocenters. The number of hydrogen-bond donors (Lipinski definition) is 3. The predicted molar refractivity (Wildman–Crippen MR) is 106 cm³/mol. The zero-order chi connectivity index (χ0) is 18.5. The molecule has 3 N–H and O–H groups in total. The van der Waals surface area contributed by atoms with Crippen molar-refractivity contribution < 1.29 is 9.21 Å². The second-order valence-corrected chi connectivity index (χ2v) is 6.40. The Kier molecular flexibility index (Phi) is 4.92. The van der Waals surface area contributed by atoms with E-state index in [2.05, 4.69) is 39.9 Å². The number of urea groups is 1. The molecule has 0 saturated heterocycles. The molecule has 27 heavy (non-hydrogen) atoms. The van der Waals surface area contributed by atoms with Crippen LogP contribution in [0.25, 0.3) is 10.9 Å². The molecule has 5 nitrogen and oxygen atoms in total. The van der Waals surface area contributed by atoms with Crippen LogP contribution in [0.4, 0.5) is 4.79 Å². The summed E-state index contributed by atoms with van der Waals surface area (Å²) >= 11 is 0. The Bertz CT molecular complexity index is 1010. The number of fused-ring (bicyclic) bond motifs is 1. The van der Waals surface area contributed by atoms with E-state index in [1.54, 1.807) is 12.3 Å². The predicted octanol–water partition coefficient (Wildman–Crippen LogP) is 4.39. The first kappa shape index (κ1) is 17.0. The quantitative estimate of drug-likeness (QED) is 0.478. The van der Waals surface area contributed by atoms with Gasteiger partial charge in [-0.1, -0.05) is 48.5 Å². The summed E-state index contributed by atoms with van der Waals surface area (Å²) in [4.78, 5) is 15.6. The summed E-state index contributed by atoms with van der Waals surface area (Å²) in [5, 5.41) is 6.98. The van der Waals surface area contributed by atoms with E-state index in [1.165, 1.54) is 10.9 Å². The van der Waals surface area contributed by atoms with E-state index in [-0.39, 0.29) is 11.9 Å². The van der Waals surface area contributed by atoms with Crippen molar-refractivity contribution in [1.82, 2.24) is 15.6 Å². The van der Waals surface area contributed by atoms with Crippen molar-refractivity contribution >= 4 is 16.9 Å². The first-order valence-electron chi connectivity index (χ1n) is 8.96. The molecule has 136 valence electrons. The van der Waals surface area contributed by atoms with E-state index in [9.17, 15) is 4.79 Å². The zero-order valence-electron chi connectivity index (χ0n) is 14.8. The van der Waals surface area contributed by atoms with Gasteiger partial charge in [0.05, 0.1) is 12.8 Å². The monoisotopic (exact) mass is 359 g/mol. The standard InChI is InChI=1S/C22H21N3O2/c26-22(24-13-17-9-6-12-27-17)25-14-19(16-7-2-1-3-8-16)20-15-23-21-11-5-4-10-18(20)21/h1-12,15,19,23H,13-14H2,(H2,24,25,26). The van der Waals surface area contributed by atoms with Crippen LogP contribution in [0.5, 0.6) is 0 Å². The number of amides is 2. The lowest BCUT2D eigenvalue weighted by Crippen LogP contribution is -2.37. The minimum Gasteiger partial charge on any atom is -0.467 e. The van der Waals surface area contributed by atoms with Gasteiger partial charge in [-0.2, -0.15) is 0 Å². The minimum atomic E-state index is -0.216. The van der Waals surface area contributed by atoms with Gasteiger partial charge in [-0.25, -0.2) is 4.79 Å². The van der Waals surface area contributed by atoms with Crippen LogP contribution in [-0.4, -0.2) is 17.6 Å². The van der Waals surface area contributed by atoms with Crippen LogP contribution in [0, 0.1) is 0 Å². The number of aromatic nitrogens is 1. The van der Waals surface area contributed by atoms with Crippen molar-refractivity contribution in [2.75, 3.05) is 6.54 Å². The van der Waals surface area contributed by atoms with Gasteiger partial charge in [-0.05, 0) is 29.3 Å². The van der Waals surface area contributed by atoms with Gasteiger partial charge in [0.15, 0.2) is 0 Å². The lowest BCUT2D eigenvalue weighted by atomic mass is 9.91. The molecule has 2 heterocycles. The van der Waals surface area contributed by atoms with E-state index >= 15 is 0 Å². The molecular formula is C22H21N3O2. The lowest BCUT2D eigenvalue weighted by molar-refractivity contribution is 0.239. The third kappa shape index (κ3) is 3.87. The van der Waals surface area contributed by atoms with Crippen molar-refractivity contribution in [1.29, 1.82) is 0 Å². The number of hydrogen-bond acceptors (Lipinski definition) is 2. The molecule has 1 atom stereocenters. The molecule has 0 bridgehead atoms. The van der Waals surface area contributed by atoms with Gasteiger partial charge in [0.2, 0.25) is 0 Å². The molecule has 2 amide bonds. The molecule has 0 fully saturated rings. The number of furan rings is 1. The summed E-state index contributed by atoms with van der Waals surface area (Å²) in [6.07, 6.45) is 3.63. The third-order valence-electron chi connectivity index (χ3n) is 4.67. The van der Waals surface area contributed by atoms with Crippen LogP contribution in [-0.2, 0) is 6.54 Å². The normalized spacial score (nSPS) is 12.0. The van der Waals surface area contributed by atoms with Gasteiger partial charge in [0.1, 0.15) is 5.76 Å². The van der Waals surface area contributed by atoms with Gasteiger partial charge < -0.3 is 20.0 Å². The first-order valence-corrected chi connectivity index (χ1v) is 8.96. The molecule has 0 saturated carbocycles. The highest BCUT2D eigenvalue weighted by Gasteiger charge is 2.18. The highest BCUT2D eigenvalue weighted by atomic mass is 16.3. The number of para-hydroxylation sites is 1. The molecule has 0 aliphatic carbocycles. The number of H-pyrrole nitrogens is 1. The number of rotatable bonds is 6. The van der Waals surface area contributed by atoms with E-state index < -0.39 is 0 Å². The maximum Gasteiger partial charge on any atom is 0.315 e.